The van der Waals surface area contributed by atoms with Crippen LogP contribution in [-0.2, 0) is 18.7 Å². The molecule has 2 heterocycles. The lowest BCUT2D eigenvalue weighted by Gasteiger charge is -2.28. The summed E-state index contributed by atoms with van der Waals surface area (Å²) in [6.07, 6.45) is 0. The summed E-state index contributed by atoms with van der Waals surface area (Å²) in [7, 11) is 3.96. The van der Waals surface area contributed by atoms with Crippen LogP contribution in [0.1, 0.15) is 27.8 Å². The minimum atomic E-state index is -0.874. The Bertz CT molecular complexity index is 724. The van der Waals surface area contributed by atoms with Gasteiger partial charge >= 0.3 is 0 Å². The first kappa shape index (κ1) is 18.4. The van der Waals surface area contributed by atoms with Crippen LogP contribution in [0.3, 0.4) is 0 Å². The highest BCUT2D eigenvalue weighted by Crippen LogP contribution is 2.30. The Hall–Kier alpha value is -1.40. The lowest BCUT2D eigenvalue weighted by molar-refractivity contribution is 0.0299. The highest BCUT2D eigenvalue weighted by molar-refractivity contribution is 7.11. The number of aliphatic hydroxyl groups is 1. The molecular formula is C20H28N2O2S. The molecule has 0 saturated carbocycles. The van der Waals surface area contributed by atoms with Gasteiger partial charge in [-0.1, -0.05) is 6.07 Å². The lowest BCUT2D eigenvalue weighted by atomic mass is 9.93. The third-order valence-electron chi connectivity index (χ3n) is 4.54. The van der Waals surface area contributed by atoms with Crippen LogP contribution in [0.15, 0.2) is 30.3 Å². The zero-order valence-corrected chi connectivity index (χ0v) is 16.4. The van der Waals surface area contributed by atoms with Crippen molar-refractivity contribution in [3.8, 4) is 5.75 Å². The Balaban J connectivity index is 1.80. The zero-order chi connectivity index (χ0) is 18.0. The molecule has 1 N–H and O–H groups in total. The third kappa shape index (κ3) is 4.61. The number of nitrogens with zero attached hydrogens (tertiary/aromatic N) is 2. The molecule has 25 heavy (non-hydrogen) atoms. The van der Waals surface area contributed by atoms with Crippen molar-refractivity contribution in [2.24, 2.45) is 0 Å². The summed E-state index contributed by atoms with van der Waals surface area (Å²) in [5, 5.41) is 10.8. The predicted molar refractivity (Wildman–Crippen MR) is 103 cm³/mol. The molecule has 136 valence electrons. The molecule has 2 aromatic rings. The van der Waals surface area contributed by atoms with Crippen molar-refractivity contribution in [2.75, 3.05) is 33.8 Å². The first-order valence-electron chi connectivity index (χ1n) is 8.74. The van der Waals surface area contributed by atoms with E-state index in [4.69, 9.17) is 4.74 Å². The van der Waals surface area contributed by atoms with Gasteiger partial charge in [0.05, 0.1) is 5.60 Å². The highest BCUT2D eigenvalue weighted by Gasteiger charge is 2.26. The second kappa shape index (κ2) is 7.46. The fourth-order valence-corrected chi connectivity index (χ4v) is 4.35. The molecule has 0 saturated heterocycles. The molecule has 5 heteroatoms. The summed E-state index contributed by atoms with van der Waals surface area (Å²) >= 11 is 1.86. The molecule has 1 aromatic carbocycles. The van der Waals surface area contributed by atoms with E-state index < -0.39 is 5.60 Å². The molecule has 1 aromatic heterocycles. The first-order valence-corrected chi connectivity index (χ1v) is 9.56. The highest BCUT2D eigenvalue weighted by atomic mass is 32.1. The summed E-state index contributed by atoms with van der Waals surface area (Å²) in [6.45, 7) is 8.01. The number of ether oxygens (including phenoxy) is 1. The maximum absolute atomic E-state index is 10.8. The number of aryl methyl sites for hydroxylation is 1. The van der Waals surface area contributed by atoms with Crippen LogP contribution in [0.2, 0.25) is 0 Å². The van der Waals surface area contributed by atoms with E-state index in [9.17, 15) is 5.11 Å². The summed E-state index contributed by atoms with van der Waals surface area (Å²) in [5.41, 5.74) is 1.22. The molecule has 4 nitrogen and oxygen atoms in total. The molecule has 1 aliphatic heterocycles. The van der Waals surface area contributed by atoms with Crippen molar-refractivity contribution >= 4 is 11.3 Å². The SMILES string of the molecule is Cc1ccc(CN2CCOc3ccc(C(C)(O)CN(C)C)cc3C2)s1. The summed E-state index contributed by atoms with van der Waals surface area (Å²) in [4.78, 5) is 7.16. The Morgan fingerprint density at radius 2 is 2.08 bits per heavy atom. The van der Waals surface area contributed by atoms with Crippen LogP contribution in [0.25, 0.3) is 0 Å². The molecule has 0 amide bonds. The van der Waals surface area contributed by atoms with Gasteiger partial charge in [-0.2, -0.15) is 0 Å². The summed E-state index contributed by atoms with van der Waals surface area (Å²) in [5.74, 6) is 0.939. The first-order chi connectivity index (χ1) is 11.8. The van der Waals surface area contributed by atoms with Crippen molar-refractivity contribution in [2.45, 2.75) is 32.5 Å². The quantitative estimate of drug-likeness (QED) is 0.888. The van der Waals surface area contributed by atoms with E-state index in [2.05, 4.69) is 30.0 Å². The van der Waals surface area contributed by atoms with E-state index in [0.29, 0.717) is 13.2 Å². The number of thiophene rings is 1. The van der Waals surface area contributed by atoms with Crippen molar-refractivity contribution in [3.63, 3.8) is 0 Å². The third-order valence-corrected chi connectivity index (χ3v) is 5.53. The molecular weight excluding hydrogens is 332 g/mol. The van der Waals surface area contributed by atoms with E-state index in [1.54, 1.807) is 0 Å². The van der Waals surface area contributed by atoms with Gasteiger partial charge in [-0.3, -0.25) is 4.90 Å². The number of likely N-dealkylation sites (N-methyl/N-ethyl adjacent to an activating group) is 1. The van der Waals surface area contributed by atoms with E-state index in [-0.39, 0.29) is 0 Å². The van der Waals surface area contributed by atoms with E-state index in [0.717, 1.165) is 36.5 Å². The minimum absolute atomic E-state index is 0.588. The zero-order valence-electron chi connectivity index (χ0n) is 15.6. The number of hydrogen-bond donors (Lipinski definition) is 1. The van der Waals surface area contributed by atoms with Gasteiger partial charge in [0.15, 0.2) is 0 Å². The van der Waals surface area contributed by atoms with Crippen molar-refractivity contribution in [1.29, 1.82) is 0 Å². The number of benzene rings is 1. The molecule has 1 unspecified atom stereocenters. The van der Waals surface area contributed by atoms with Gasteiger partial charge in [-0.15, -0.1) is 11.3 Å². The number of rotatable bonds is 5. The number of hydrogen-bond acceptors (Lipinski definition) is 5. The van der Waals surface area contributed by atoms with E-state index in [1.807, 2.05) is 49.4 Å². The van der Waals surface area contributed by atoms with Gasteiger partial charge < -0.3 is 14.7 Å². The standard InChI is InChI=1S/C20H28N2O2S/c1-15-5-7-18(25-15)13-22-9-10-24-19-8-6-17(11-16(19)12-22)20(2,23)14-21(3)4/h5-8,11,23H,9-10,12-14H2,1-4H3. The van der Waals surface area contributed by atoms with Gasteiger partial charge in [0.1, 0.15) is 12.4 Å². The van der Waals surface area contributed by atoms with Gasteiger partial charge in [-0.05, 0) is 57.8 Å². The van der Waals surface area contributed by atoms with Gasteiger partial charge in [0, 0.05) is 41.5 Å². The molecule has 1 aliphatic rings. The smallest absolute Gasteiger partial charge is 0.123 e. The predicted octanol–water partition coefficient (Wildman–Crippen LogP) is 3.22. The molecule has 0 radical (unpaired) electrons. The largest absolute Gasteiger partial charge is 0.492 e. The van der Waals surface area contributed by atoms with Crippen molar-refractivity contribution in [1.82, 2.24) is 9.80 Å². The summed E-state index contributed by atoms with van der Waals surface area (Å²) in [6, 6.07) is 10.5. The minimum Gasteiger partial charge on any atom is -0.492 e. The van der Waals surface area contributed by atoms with Gasteiger partial charge in [-0.25, -0.2) is 0 Å². The molecule has 0 fully saturated rings. The Kier molecular flexibility index (Phi) is 5.49. The average Bonchev–Trinajstić information content (AvgIpc) is 2.81. The van der Waals surface area contributed by atoms with Crippen molar-refractivity contribution in [3.05, 3.63) is 51.2 Å². The molecule has 0 bridgehead atoms. The topological polar surface area (TPSA) is 35.9 Å². The normalized spacial score (nSPS) is 17.7. The van der Waals surface area contributed by atoms with Crippen LogP contribution in [0, 0.1) is 6.92 Å². The molecule has 1 atom stereocenters. The maximum atomic E-state index is 10.8. The molecule has 0 aliphatic carbocycles. The van der Waals surface area contributed by atoms with Crippen LogP contribution in [-0.4, -0.2) is 48.7 Å². The molecule has 3 rings (SSSR count). The lowest BCUT2D eigenvalue weighted by Crippen LogP contribution is -2.34. The van der Waals surface area contributed by atoms with Crippen LogP contribution < -0.4 is 4.74 Å². The van der Waals surface area contributed by atoms with Gasteiger partial charge in [0.2, 0.25) is 0 Å². The second-order valence-corrected chi connectivity index (χ2v) is 8.78. The van der Waals surface area contributed by atoms with E-state index >= 15 is 0 Å². The fraction of sp³-hybridized carbons (Fsp3) is 0.500. The Labute approximate surface area is 154 Å². The van der Waals surface area contributed by atoms with Crippen LogP contribution in [0.4, 0.5) is 0 Å². The molecule has 0 spiro atoms. The van der Waals surface area contributed by atoms with Crippen LogP contribution in [0.5, 0.6) is 5.75 Å². The maximum Gasteiger partial charge on any atom is 0.123 e. The summed E-state index contributed by atoms with van der Waals surface area (Å²) < 4.78 is 5.94. The number of fused-ring (bicyclic) bond motifs is 1. The second-order valence-electron chi connectivity index (χ2n) is 7.41. The van der Waals surface area contributed by atoms with Crippen LogP contribution >= 0.6 is 11.3 Å². The Morgan fingerprint density at radius 3 is 2.76 bits per heavy atom. The average molecular weight is 361 g/mol. The monoisotopic (exact) mass is 360 g/mol. The Morgan fingerprint density at radius 1 is 1.28 bits per heavy atom. The van der Waals surface area contributed by atoms with E-state index in [1.165, 1.54) is 9.75 Å². The fourth-order valence-electron chi connectivity index (χ4n) is 3.42. The van der Waals surface area contributed by atoms with Crippen molar-refractivity contribution < 1.29 is 9.84 Å². The van der Waals surface area contributed by atoms with Gasteiger partial charge in [0.25, 0.3) is 0 Å².